The normalized spacial score (nSPS) is 22.4. The summed E-state index contributed by atoms with van der Waals surface area (Å²) in [5.41, 5.74) is 2.93. The Hall–Kier alpha value is -4.00. The molecule has 0 unspecified atom stereocenters. The predicted octanol–water partition coefficient (Wildman–Crippen LogP) is 4.05. The number of fused-ring (bicyclic) bond motifs is 6. The number of hydrogen-bond acceptors (Lipinski definition) is 6. The molecule has 3 aliphatic rings. The van der Waals surface area contributed by atoms with Crippen molar-refractivity contribution in [1.29, 1.82) is 0 Å². The van der Waals surface area contributed by atoms with E-state index in [0.29, 0.717) is 23.7 Å². The van der Waals surface area contributed by atoms with Crippen molar-refractivity contribution in [3.8, 4) is 17.2 Å². The molecular weight excluding hydrogens is 406 g/mol. The van der Waals surface area contributed by atoms with Crippen LogP contribution in [0.4, 0.5) is 5.69 Å². The maximum absolute atomic E-state index is 13.4. The van der Waals surface area contributed by atoms with Crippen molar-refractivity contribution in [1.82, 2.24) is 5.01 Å². The van der Waals surface area contributed by atoms with Crippen molar-refractivity contribution in [2.24, 2.45) is 5.10 Å². The summed E-state index contributed by atoms with van der Waals surface area (Å²) in [5.74, 6) is 1.74. The topological polar surface area (TPSA) is 72.4 Å². The quantitative estimate of drug-likeness (QED) is 0.683. The smallest absolute Gasteiger partial charge is 0.306 e. The van der Waals surface area contributed by atoms with Crippen LogP contribution in [0.5, 0.6) is 17.2 Å². The lowest BCUT2D eigenvalue weighted by molar-refractivity contribution is -0.161. The molecule has 3 aliphatic heterocycles. The first-order valence-electron chi connectivity index (χ1n) is 10.4. The van der Waals surface area contributed by atoms with Crippen LogP contribution in [0, 0.1) is 0 Å². The molecule has 1 spiro atoms. The van der Waals surface area contributed by atoms with Crippen molar-refractivity contribution in [3.05, 3.63) is 83.4 Å². The highest BCUT2D eigenvalue weighted by molar-refractivity contribution is 6.07. The second-order valence-electron chi connectivity index (χ2n) is 7.96. The molecule has 0 aromatic heterocycles. The molecule has 6 rings (SSSR count). The number of para-hydroxylation sites is 2. The van der Waals surface area contributed by atoms with Crippen LogP contribution in [-0.2, 0) is 10.5 Å². The van der Waals surface area contributed by atoms with Crippen molar-refractivity contribution in [2.45, 2.75) is 18.2 Å². The van der Waals surface area contributed by atoms with Gasteiger partial charge in [0.25, 0.3) is 5.91 Å². The van der Waals surface area contributed by atoms with Crippen LogP contribution in [0.3, 0.4) is 0 Å². The molecular formula is C25H21N3O4. The lowest BCUT2D eigenvalue weighted by atomic mass is 9.92. The molecule has 0 fully saturated rings. The summed E-state index contributed by atoms with van der Waals surface area (Å²) in [7, 11) is 3.22. The second kappa shape index (κ2) is 6.75. The molecule has 2 atom stereocenters. The van der Waals surface area contributed by atoms with Crippen LogP contribution < -0.4 is 19.5 Å². The van der Waals surface area contributed by atoms with Gasteiger partial charge in [0.2, 0.25) is 0 Å². The van der Waals surface area contributed by atoms with E-state index in [1.807, 2.05) is 71.7 Å². The first kappa shape index (κ1) is 18.7. The number of carbonyl (C=O) groups excluding carboxylic acids is 1. The largest absolute Gasteiger partial charge is 0.493 e. The van der Waals surface area contributed by atoms with E-state index in [-0.39, 0.29) is 11.9 Å². The first-order chi connectivity index (χ1) is 15.7. The van der Waals surface area contributed by atoms with E-state index >= 15 is 0 Å². The van der Waals surface area contributed by atoms with Gasteiger partial charge in [0.05, 0.1) is 37.2 Å². The number of nitrogens with one attached hydrogen (secondary N) is 1. The Morgan fingerprint density at radius 3 is 2.66 bits per heavy atom. The van der Waals surface area contributed by atoms with E-state index in [2.05, 4.69) is 5.32 Å². The molecule has 0 aliphatic carbocycles. The van der Waals surface area contributed by atoms with Crippen LogP contribution in [0.25, 0.3) is 0 Å². The number of methoxy groups -OCH3 is 2. The van der Waals surface area contributed by atoms with Crippen LogP contribution in [0.1, 0.15) is 29.2 Å². The van der Waals surface area contributed by atoms with E-state index in [1.54, 1.807) is 14.2 Å². The predicted molar refractivity (Wildman–Crippen MR) is 119 cm³/mol. The Morgan fingerprint density at radius 1 is 1.03 bits per heavy atom. The van der Waals surface area contributed by atoms with Crippen molar-refractivity contribution < 1.29 is 19.0 Å². The summed E-state index contributed by atoms with van der Waals surface area (Å²) in [5, 5.41) is 9.76. The molecule has 160 valence electrons. The van der Waals surface area contributed by atoms with Gasteiger partial charge in [0.15, 0.2) is 11.5 Å². The summed E-state index contributed by atoms with van der Waals surface area (Å²) < 4.78 is 17.3. The zero-order valence-electron chi connectivity index (χ0n) is 17.7. The molecule has 3 aromatic rings. The summed E-state index contributed by atoms with van der Waals surface area (Å²) in [4.78, 5) is 13.4. The average Bonchev–Trinajstić information content (AvgIpc) is 3.40. The van der Waals surface area contributed by atoms with Gasteiger partial charge >= 0.3 is 5.72 Å². The molecule has 0 radical (unpaired) electrons. The Labute approximate surface area is 185 Å². The van der Waals surface area contributed by atoms with E-state index < -0.39 is 5.72 Å². The number of nitrogens with zero attached hydrogens (tertiary/aromatic N) is 2. The number of anilines is 1. The lowest BCUT2D eigenvalue weighted by Gasteiger charge is -2.43. The summed E-state index contributed by atoms with van der Waals surface area (Å²) in [6.45, 7) is 0. The van der Waals surface area contributed by atoms with Crippen LogP contribution >= 0.6 is 0 Å². The van der Waals surface area contributed by atoms with Gasteiger partial charge in [-0.1, -0.05) is 36.4 Å². The van der Waals surface area contributed by atoms with E-state index in [1.165, 1.54) is 0 Å². The first-order valence-corrected chi connectivity index (χ1v) is 10.4. The minimum Gasteiger partial charge on any atom is -0.493 e. The lowest BCUT2D eigenvalue weighted by Crippen LogP contribution is -2.55. The monoisotopic (exact) mass is 427 g/mol. The van der Waals surface area contributed by atoms with Gasteiger partial charge in [-0.2, -0.15) is 5.10 Å². The highest BCUT2D eigenvalue weighted by atomic mass is 16.5. The molecule has 0 saturated carbocycles. The molecule has 1 amide bonds. The molecule has 1 N–H and O–H groups in total. The number of hydrazone groups is 1. The molecule has 7 nitrogen and oxygen atoms in total. The molecule has 3 heterocycles. The summed E-state index contributed by atoms with van der Waals surface area (Å²) >= 11 is 0. The molecule has 0 saturated heterocycles. The molecule has 7 heteroatoms. The highest BCUT2D eigenvalue weighted by Crippen LogP contribution is 2.54. The van der Waals surface area contributed by atoms with Crippen molar-refractivity contribution in [2.75, 3.05) is 19.5 Å². The highest BCUT2D eigenvalue weighted by Gasteiger charge is 2.60. The Kier molecular flexibility index (Phi) is 3.95. The van der Waals surface area contributed by atoms with Gasteiger partial charge in [-0.3, -0.25) is 4.79 Å². The Morgan fingerprint density at radius 2 is 1.81 bits per heavy atom. The fraction of sp³-hybridized carbons (Fsp3) is 0.200. The van der Waals surface area contributed by atoms with Crippen LogP contribution in [0.2, 0.25) is 0 Å². The summed E-state index contributed by atoms with van der Waals surface area (Å²) in [6, 6.07) is 21.1. The SMILES string of the molecule is COc1ccc(C2=NN3[C@@H](C2)c2ccccc2O[C@@]32C(=O)Nc3ccccc32)cc1OC. The second-order valence-corrected chi connectivity index (χ2v) is 7.96. The van der Waals surface area contributed by atoms with Crippen molar-refractivity contribution >= 4 is 17.3 Å². The van der Waals surface area contributed by atoms with E-state index in [4.69, 9.17) is 19.3 Å². The molecule has 0 bridgehead atoms. The standard InChI is InChI=1S/C25H21N3O4/c1-30-22-12-11-15(13-23(22)31-2)19-14-20-16-7-3-6-10-21(16)32-25(28(20)27-19)17-8-4-5-9-18(17)26-24(25)29/h3-13,20H,14H2,1-2H3,(H,26,29)/t20-,25-/m0/s1. The molecule has 32 heavy (non-hydrogen) atoms. The van der Waals surface area contributed by atoms with E-state index in [0.717, 1.165) is 28.1 Å². The number of hydrogen-bond donors (Lipinski definition) is 1. The van der Waals surface area contributed by atoms with Gasteiger partial charge in [-0.25, -0.2) is 5.01 Å². The Bertz CT molecular complexity index is 1290. The fourth-order valence-corrected chi connectivity index (χ4v) is 4.83. The van der Waals surface area contributed by atoms with Crippen LogP contribution in [-0.4, -0.2) is 30.8 Å². The van der Waals surface area contributed by atoms with Gasteiger partial charge < -0.3 is 19.5 Å². The minimum atomic E-state index is -1.35. The third kappa shape index (κ3) is 2.42. The van der Waals surface area contributed by atoms with Gasteiger partial charge in [-0.05, 0) is 30.3 Å². The number of amides is 1. The van der Waals surface area contributed by atoms with Gasteiger partial charge in [0, 0.05) is 17.5 Å². The third-order valence-electron chi connectivity index (χ3n) is 6.33. The molecule has 3 aromatic carbocycles. The Balaban J connectivity index is 1.53. The van der Waals surface area contributed by atoms with Crippen molar-refractivity contribution in [3.63, 3.8) is 0 Å². The number of benzene rings is 3. The maximum Gasteiger partial charge on any atom is 0.306 e. The zero-order chi connectivity index (χ0) is 21.9. The third-order valence-corrected chi connectivity index (χ3v) is 6.33. The summed E-state index contributed by atoms with van der Waals surface area (Å²) in [6.07, 6.45) is 0.632. The number of rotatable bonds is 3. The van der Waals surface area contributed by atoms with Crippen LogP contribution in [0.15, 0.2) is 71.8 Å². The zero-order valence-corrected chi connectivity index (χ0v) is 17.7. The van der Waals surface area contributed by atoms with E-state index in [9.17, 15) is 4.79 Å². The minimum absolute atomic E-state index is 0.139. The average molecular weight is 427 g/mol. The maximum atomic E-state index is 13.4. The van der Waals surface area contributed by atoms with Gasteiger partial charge in [0.1, 0.15) is 5.75 Å². The number of carbonyl (C=O) groups is 1. The van der Waals surface area contributed by atoms with Gasteiger partial charge in [-0.15, -0.1) is 0 Å². The fourth-order valence-electron chi connectivity index (χ4n) is 4.83. The number of ether oxygens (including phenoxy) is 3.